The van der Waals surface area contributed by atoms with E-state index in [1.165, 1.54) is 12.0 Å². The van der Waals surface area contributed by atoms with Gasteiger partial charge in [0.25, 0.3) is 0 Å². The fourth-order valence-electron chi connectivity index (χ4n) is 2.68. The first-order valence-corrected chi connectivity index (χ1v) is 7.25. The fraction of sp³-hybridized carbons (Fsp3) is 0.533. The first kappa shape index (κ1) is 12.8. The molecule has 1 aromatic carbocycles. The summed E-state index contributed by atoms with van der Waals surface area (Å²) in [5.41, 5.74) is 1.28. The van der Waals surface area contributed by atoms with E-state index < -0.39 is 0 Å². The zero-order chi connectivity index (χ0) is 12.3. The van der Waals surface area contributed by atoms with Crippen molar-refractivity contribution >= 4 is 21.7 Å². The van der Waals surface area contributed by atoms with Gasteiger partial charge in [-0.3, -0.25) is 4.79 Å². The maximum atomic E-state index is 11.9. The molecule has 1 nitrogen and oxygen atoms in total. The van der Waals surface area contributed by atoms with Crippen LogP contribution in [0.4, 0.5) is 0 Å². The molecule has 0 aliphatic heterocycles. The Morgan fingerprint density at radius 2 is 2.00 bits per heavy atom. The lowest BCUT2D eigenvalue weighted by Gasteiger charge is -2.27. The molecular formula is C15H19BrO. The van der Waals surface area contributed by atoms with Gasteiger partial charge in [-0.15, -0.1) is 0 Å². The summed E-state index contributed by atoms with van der Waals surface area (Å²) in [6.07, 6.45) is 5.12. The average Bonchev–Trinajstić information content (AvgIpc) is 2.35. The Labute approximate surface area is 112 Å². The van der Waals surface area contributed by atoms with E-state index in [0.717, 1.165) is 36.1 Å². The van der Waals surface area contributed by atoms with Crippen molar-refractivity contribution in [3.63, 3.8) is 0 Å². The highest BCUT2D eigenvalue weighted by molar-refractivity contribution is 9.10. The summed E-state index contributed by atoms with van der Waals surface area (Å²) in [6, 6.07) is 8.35. The molecule has 1 aliphatic carbocycles. The van der Waals surface area contributed by atoms with Crippen molar-refractivity contribution in [1.29, 1.82) is 0 Å². The standard InChI is InChI=1S/C15H19BrO/c1-2-11-5-8-15(17)13(9-11)10-12-3-6-14(16)7-4-12/h3-4,6-7,11,13H,2,5,8-10H2,1H3. The minimum atomic E-state index is 0.259. The van der Waals surface area contributed by atoms with Crippen molar-refractivity contribution in [2.24, 2.45) is 11.8 Å². The third kappa shape index (κ3) is 3.41. The maximum absolute atomic E-state index is 11.9. The Kier molecular flexibility index (Phi) is 4.38. The molecule has 0 heterocycles. The number of carbonyl (C=O) groups excluding carboxylic acids is 1. The Morgan fingerprint density at radius 3 is 2.65 bits per heavy atom. The first-order valence-electron chi connectivity index (χ1n) is 6.46. The van der Waals surface area contributed by atoms with Crippen molar-refractivity contribution in [2.45, 2.75) is 39.0 Å². The van der Waals surface area contributed by atoms with E-state index in [0.29, 0.717) is 5.78 Å². The minimum Gasteiger partial charge on any atom is -0.299 e. The SMILES string of the molecule is CCC1CCC(=O)C(Cc2ccc(Br)cc2)C1. The largest absolute Gasteiger partial charge is 0.299 e. The van der Waals surface area contributed by atoms with Crippen molar-refractivity contribution in [3.05, 3.63) is 34.3 Å². The second kappa shape index (κ2) is 5.81. The predicted molar refractivity (Wildman–Crippen MR) is 74.0 cm³/mol. The molecule has 0 amide bonds. The average molecular weight is 295 g/mol. The maximum Gasteiger partial charge on any atom is 0.136 e. The molecule has 17 heavy (non-hydrogen) atoms. The topological polar surface area (TPSA) is 17.1 Å². The van der Waals surface area contributed by atoms with Crippen LogP contribution >= 0.6 is 15.9 Å². The van der Waals surface area contributed by atoms with Gasteiger partial charge in [0.1, 0.15) is 5.78 Å². The molecule has 2 heteroatoms. The van der Waals surface area contributed by atoms with Crippen LogP contribution in [0.15, 0.2) is 28.7 Å². The minimum absolute atomic E-state index is 0.259. The van der Waals surface area contributed by atoms with Crippen LogP contribution in [-0.2, 0) is 11.2 Å². The highest BCUT2D eigenvalue weighted by atomic mass is 79.9. The number of hydrogen-bond acceptors (Lipinski definition) is 1. The number of Topliss-reactive ketones (excluding diaryl/α,β-unsaturated/α-hetero) is 1. The summed E-state index contributed by atoms with van der Waals surface area (Å²) in [5.74, 6) is 1.49. The van der Waals surface area contributed by atoms with E-state index in [9.17, 15) is 4.79 Å². The highest BCUT2D eigenvalue weighted by Crippen LogP contribution is 2.30. The summed E-state index contributed by atoms with van der Waals surface area (Å²) in [4.78, 5) is 11.9. The first-order chi connectivity index (χ1) is 8.19. The Morgan fingerprint density at radius 1 is 1.29 bits per heavy atom. The van der Waals surface area contributed by atoms with Crippen LogP contribution in [0.5, 0.6) is 0 Å². The van der Waals surface area contributed by atoms with Crippen LogP contribution in [0.1, 0.15) is 38.2 Å². The lowest BCUT2D eigenvalue weighted by atomic mass is 9.77. The smallest absolute Gasteiger partial charge is 0.136 e. The van der Waals surface area contributed by atoms with Crippen LogP contribution in [0.25, 0.3) is 0 Å². The van der Waals surface area contributed by atoms with E-state index >= 15 is 0 Å². The zero-order valence-corrected chi connectivity index (χ0v) is 11.9. The summed E-state index contributed by atoms with van der Waals surface area (Å²) >= 11 is 3.44. The Hall–Kier alpha value is -0.630. The van der Waals surface area contributed by atoms with E-state index in [2.05, 4.69) is 47.1 Å². The molecule has 0 radical (unpaired) electrons. The molecule has 0 saturated heterocycles. The van der Waals surface area contributed by atoms with Crippen LogP contribution < -0.4 is 0 Å². The second-order valence-electron chi connectivity index (χ2n) is 5.04. The quantitative estimate of drug-likeness (QED) is 0.808. The fourth-order valence-corrected chi connectivity index (χ4v) is 2.94. The molecule has 0 spiro atoms. The van der Waals surface area contributed by atoms with Crippen molar-refractivity contribution in [1.82, 2.24) is 0 Å². The molecule has 0 bridgehead atoms. The van der Waals surface area contributed by atoms with E-state index in [4.69, 9.17) is 0 Å². The molecule has 2 unspecified atom stereocenters. The van der Waals surface area contributed by atoms with Gasteiger partial charge < -0.3 is 0 Å². The van der Waals surface area contributed by atoms with Gasteiger partial charge in [0.2, 0.25) is 0 Å². The molecule has 1 aliphatic rings. The predicted octanol–water partition coefficient (Wildman–Crippen LogP) is 4.39. The van der Waals surface area contributed by atoms with Crippen molar-refractivity contribution in [3.8, 4) is 0 Å². The summed E-state index contributed by atoms with van der Waals surface area (Å²) in [5, 5.41) is 0. The lowest BCUT2D eigenvalue weighted by Crippen LogP contribution is -2.26. The Bertz CT molecular complexity index is 382. The molecule has 2 atom stereocenters. The van der Waals surface area contributed by atoms with E-state index in [-0.39, 0.29) is 5.92 Å². The van der Waals surface area contributed by atoms with Crippen LogP contribution in [-0.4, -0.2) is 5.78 Å². The number of ketones is 1. The van der Waals surface area contributed by atoms with Gasteiger partial charge in [-0.1, -0.05) is 41.4 Å². The molecule has 0 aromatic heterocycles. The highest BCUT2D eigenvalue weighted by Gasteiger charge is 2.27. The van der Waals surface area contributed by atoms with Gasteiger partial charge in [0.15, 0.2) is 0 Å². The third-order valence-corrected chi connectivity index (χ3v) is 4.37. The van der Waals surface area contributed by atoms with Crippen molar-refractivity contribution < 1.29 is 4.79 Å². The molecule has 0 N–H and O–H groups in total. The number of benzene rings is 1. The monoisotopic (exact) mass is 294 g/mol. The summed E-state index contributed by atoms with van der Waals surface area (Å²) < 4.78 is 1.10. The van der Waals surface area contributed by atoms with Gasteiger partial charge in [-0.05, 0) is 42.9 Å². The van der Waals surface area contributed by atoms with Gasteiger partial charge in [-0.2, -0.15) is 0 Å². The lowest BCUT2D eigenvalue weighted by molar-refractivity contribution is -0.125. The molecule has 2 rings (SSSR count). The molecule has 1 saturated carbocycles. The number of rotatable bonds is 3. The molecule has 1 fully saturated rings. The van der Waals surface area contributed by atoms with Gasteiger partial charge in [-0.25, -0.2) is 0 Å². The number of carbonyl (C=O) groups is 1. The molecular weight excluding hydrogens is 276 g/mol. The zero-order valence-electron chi connectivity index (χ0n) is 10.3. The Balaban J connectivity index is 2.01. The molecule has 92 valence electrons. The van der Waals surface area contributed by atoms with E-state index in [1.807, 2.05) is 0 Å². The van der Waals surface area contributed by atoms with Crippen LogP contribution in [0, 0.1) is 11.8 Å². The third-order valence-electron chi connectivity index (χ3n) is 3.84. The van der Waals surface area contributed by atoms with Gasteiger partial charge in [0, 0.05) is 16.8 Å². The van der Waals surface area contributed by atoms with Gasteiger partial charge >= 0.3 is 0 Å². The van der Waals surface area contributed by atoms with E-state index in [1.54, 1.807) is 0 Å². The molecule has 1 aromatic rings. The van der Waals surface area contributed by atoms with Crippen LogP contribution in [0.3, 0.4) is 0 Å². The number of hydrogen-bond donors (Lipinski definition) is 0. The summed E-state index contributed by atoms with van der Waals surface area (Å²) in [6.45, 7) is 2.23. The van der Waals surface area contributed by atoms with Gasteiger partial charge in [0.05, 0.1) is 0 Å². The van der Waals surface area contributed by atoms with Crippen LogP contribution in [0.2, 0.25) is 0 Å². The van der Waals surface area contributed by atoms with Crippen molar-refractivity contribution in [2.75, 3.05) is 0 Å². The normalized spacial score (nSPS) is 24.9. The second-order valence-corrected chi connectivity index (χ2v) is 5.96. The summed E-state index contributed by atoms with van der Waals surface area (Å²) in [7, 11) is 0. The number of halogens is 1.